The van der Waals surface area contributed by atoms with Crippen molar-refractivity contribution in [3.63, 3.8) is 0 Å². The van der Waals surface area contributed by atoms with Gasteiger partial charge in [0.1, 0.15) is 6.26 Å². The molecular weight excluding hydrogens is 302 g/mol. The Hall–Kier alpha value is -2.14. The summed E-state index contributed by atoms with van der Waals surface area (Å²) in [7, 11) is 0. The molecule has 5 nitrogen and oxygen atoms in total. The second-order valence-electron chi connectivity index (χ2n) is 7.22. The van der Waals surface area contributed by atoms with Crippen LogP contribution in [-0.2, 0) is 0 Å². The number of oxazole rings is 1. The molecule has 1 aromatic carbocycles. The summed E-state index contributed by atoms with van der Waals surface area (Å²) in [6.45, 7) is 10.2. The van der Waals surface area contributed by atoms with Crippen molar-refractivity contribution >= 4 is 5.91 Å². The highest BCUT2D eigenvalue weighted by molar-refractivity contribution is 5.94. The summed E-state index contributed by atoms with van der Waals surface area (Å²) in [5.74, 6) is 0.675. The number of nitrogens with zero attached hydrogens (tertiary/aromatic N) is 3. The van der Waals surface area contributed by atoms with Gasteiger partial charge in [-0.05, 0) is 51.5 Å². The average Bonchev–Trinajstić information content (AvgIpc) is 2.97. The molecule has 5 heteroatoms. The monoisotopic (exact) mass is 327 g/mol. The van der Waals surface area contributed by atoms with E-state index in [1.165, 1.54) is 0 Å². The number of rotatable bonds is 2. The lowest BCUT2D eigenvalue weighted by atomic mass is 10.1. The van der Waals surface area contributed by atoms with Gasteiger partial charge in [-0.25, -0.2) is 4.98 Å². The fourth-order valence-corrected chi connectivity index (χ4v) is 3.10. The molecule has 2 aromatic rings. The molecule has 1 aliphatic heterocycles. The average molecular weight is 327 g/mol. The van der Waals surface area contributed by atoms with Crippen LogP contribution in [0.3, 0.4) is 0 Å². The second kappa shape index (κ2) is 6.77. The SMILES string of the molecule is CC(C)(C)N1CCCN(C(=O)c2ccc(-c3ncco3)cc2)CC1. The molecule has 1 aromatic heterocycles. The van der Waals surface area contributed by atoms with E-state index in [-0.39, 0.29) is 11.4 Å². The first kappa shape index (κ1) is 16.7. The highest BCUT2D eigenvalue weighted by Crippen LogP contribution is 2.20. The topological polar surface area (TPSA) is 49.6 Å². The number of carbonyl (C=O) groups excluding carboxylic acids is 1. The Kier molecular flexibility index (Phi) is 4.71. The van der Waals surface area contributed by atoms with E-state index in [0.29, 0.717) is 5.89 Å². The third kappa shape index (κ3) is 3.67. The number of benzene rings is 1. The van der Waals surface area contributed by atoms with Crippen molar-refractivity contribution in [2.24, 2.45) is 0 Å². The minimum absolute atomic E-state index is 0.102. The molecular formula is C19H25N3O2. The molecule has 0 aliphatic carbocycles. The first-order valence-corrected chi connectivity index (χ1v) is 8.49. The summed E-state index contributed by atoms with van der Waals surface area (Å²) in [6, 6.07) is 7.49. The third-order valence-corrected chi connectivity index (χ3v) is 4.54. The number of hydrogen-bond donors (Lipinski definition) is 0. The van der Waals surface area contributed by atoms with Crippen LogP contribution in [0.1, 0.15) is 37.6 Å². The van der Waals surface area contributed by atoms with Crippen molar-refractivity contribution in [1.82, 2.24) is 14.8 Å². The summed E-state index contributed by atoms with van der Waals surface area (Å²) in [5, 5.41) is 0. The van der Waals surface area contributed by atoms with Crippen LogP contribution in [0.4, 0.5) is 0 Å². The summed E-state index contributed by atoms with van der Waals surface area (Å²) < 4.78 is 5.28. The van der Waals surface area contributed by atoms with Crippen LogP contribution in [0.2, 0.25) is 0 Å². The predicted molar refractivity (Wildman–Crippen MR) is 93.8 cm³/mol. The summed E-state index contributed by atoms with van der Waals surface area (Å²) in [5.41, 5.74) is 1.75. The molecule has 0 unspecified atom stereocenters. The smallest absolute Gasteiger partial charge is 0.253 e. The lowest BCUT2D eigenvalue weighted by molar-refractivity contribution is 0.0749. The molecule has 2 heterocycles. The molecule has 0 spiro atoms. The Morgan fingerprint density at radius 2 is 1.83 bits per heavy atom. The Morgan fingerprint density at radius 3 is 2.46 bits per heavy atom. The third-order valence-electron chi connectivity index (χ3n) is 4.54. The van der Waals surface area contributed by atoms with Gasteiger partial charge >= 0.3 is 0 Å². The van der Waals surface area contributed by atoms with Gasteiger partial charge in [0, 0.05) is 42.8 Å². The summed E-state index contributed by atoms with van der Waals surface area (Å²) in [4.78, 5) is 21.3. The Balaban J connectivity index is 1.68. The van der Waals surface area contributed by atoms with E-state index in [4.69, 9.17) is 4.42 Å². The van der Waals surface area contributed by atoms with E-state index in [1.807, 2.05) is 29.2 Å². The minimum Gasteiger partial charge on any atom is -0.445 e. The molecule has 1 fully saturated rings. The van der Waals surface area contributed by atoms with Gasteiger partial charge < -0.3 is 9.32 Å². The van der Waals surface area contributed by atoms with Gasteiger partial charge in [-0.15, -0.1) is 0 Å². The fourth-order valence-electron chi connectivity index (χ4n) is 3.10. The van der Waals surface area contributed by atoms with Crippen molar-refractivity contribution < 1.29 is 9.21 Å². The van der Waals surface area contributed by atoms with Gasteiger partial charge in [-0.3, -0.25) is 9.69 Å². The van der Waals surface area contributed by atoms with E-state index in [1.54, 1.807) is 12.5 Å². The maximum absolute atomic E-state index is 12.8. The first-order chi connectivity index (χ1) is 11.4. The number of hydrogen-bond acceptors (Lipinski definition) is 4. The van der Waals surface area contributed by atoms with E-state index in [2.05, 4.69) is 30.7 Å². The molecule has 0 atom stereocenters. The Labute approximate surface area is 143 Å². The highest BCUT2D eigenvalue weighted by atomic mass is 16.3. The van der Waals surface area contributed by atoms with Gasteiger partial charge in [0.25, 0.3) is 5.91 Å². The highest BCUT2D eigenvalue weighted by Gasteiger charge is 2.26. The zero-order valence-electron chi connectivity index (χ0n) is 14.7. The largest absolute Gasteiger partial charge is 0.445 e. The van der Waals surface area contributed by atoms with E-state index in [9.17, 15) is 4.79 Å². The van der Waals surface area contributed by atoms with Crippen molar-refractivity contribution in [3.8, 4) is 11.5 Å². The van der Waals surface area contributed by atoms with Crippen LogP contribution in [0.25, 0.3) is 11.5 Å². The number of aromatic nitrogens is 1. The van der Waals surface area contributed by atoms with Gasteiger partial charge in [0.05, 0.1) is 6.20 Å². The number of amides is 1. The molecule has 0 N–H and O–H groups in total. The van der Waals surface area contributed by atoms with Crippen molar-refractivity contribution in [2.45, 2.75) is 32.7 Å². The van der Waals surface area contributed by atoms with Crippen LogP contribution in [0, 0.1) is 0 Å². The molecule has 0 bridgehead atoms. The van der Waals surface area contributed by atoms with E-state index in [0.717, 1.165) is 43.7 Å². The van der Waals surface area contributed by atoms with Crippen molar-refractivity contribution in [2.75, 3.05) is 26.2 Å². The van der Waals surface area contributed by atoms with Crippen LogP contribution < -0.4 is 0 Å². The molecule has 24 heavy (non-hydrogen) atoms. The summed E-state index contributed by atoms with van der Waals surface area (Å²) in [6.07, 6.45) is 4.18. The molecule has 0 radical (unpaired) electrons. The molecule has 128 valence electrons. The lowest BCUT2D eigenvalue weighted by Gasteiger charge is -2.34. The van der Waals surface area contributed by atoms with Gasteiger partial charge in [0.2, 0.25) is 5.89 Å². The Bertz CT molecular complexity index is 672. The molecule has 3 rings (SSSR count). The lowest BCUT2D eigenvalue weighted by Crippen LogP contribution is -2.44. The van der Waals surface area contributed by atoms with Crippen LogP contribution in [0.15, 0.2) is 41.1 Å². The zero-order valence-corrected chi connectivity index (χ0v) is 14.7. The maximum atomic E-state index is 12.8. The Morgan fingerprint density at radius 1 is 1.08 bits per heavy atom. The number of carbonyl (C=O) groups is 1. The minimum atomic E-state index is 0.102. The molecule has 0 saturated carbocycles. The predicted octanol–water partition coefficient (Wildman–Crippen LogP) is 3.29. The van der Waals surface area contributed by atoms with Crippen LogP contribution in [0.5, 0.6) is 0 Å². The van der Waals surface area contributed by atoms with Crippen molar-refractivity contribution in [3.05, 3.63) is 42.3 Å². The molecule has 1 amide bonds. The normalized spacial score (nSPS) is 16.9. The quantitative estimate of drug-likeness (QED) is 0.849. The van der Waals surface area contributed by atoms with E-state index >= 15 is 0 Å². The molecule has 1 saturated heterocycles. The summed E-state index contributed by atoms with van der Waals surface area (Å²) >= 11 is 0. The standard InChI is InChI=1S/C19H25N3O2/c1-19(2,3)22-11-4-10-21(12-13-22)18(23)16-7-5-15(6-8-16)17-20-9-14-24-17/h5-9,14H,4,10-13H2,1-3H3. The van der Waals surface area contributed by atoms with Crippen LogP contribution in [-0.4, -0.2) is 52.4 Å². The zero-order chi connectivity index (χ0) is 17.2. The fraction of sp³-hybridized carbons (Fsp3) is 0.474. The van der Waals surface area contributed by atoms with E-state index < -0.39 is 0 Å². The van der Waals surface area contributed by atoms with Gasteiger partial charge in [-0.2, -0.15) is 0 Å². The van der Waals surface area contributed by atoms with Gasteiger partial charge in [0.15, 0.2) is 0 Å². The first-order valence-electron chi connectivity index (χ1n) is 8.49. The van der Waals surface area contributed by atoms with Gasteiger partial charge in [-0.1, -0.05) is 0 Å². The second-order valence-corrected chi connectivity index (χ2v) is 7.22. The maximum Gasteiger partial charge on any atom is 0.253 e. The molecule has 1 aliphatic rings. The van der Waals surface area contributed by atoms with Crippen molar-refractivity contribution in [1.29, 1.82) is 0 Å². The van der Waals surface area contributed by atoms with Crippen LogP contribution >= 0.6 is 0 Å².